The van der Waals surface area contributed by atoms with E-state index in [4.69, 9.17) is 5.11 Å². The van der Waals surface area contributed by atoms with Gasteiger partial charge in [0.25, 0.3) is 0 Å². The second kappa shape index (κ2) is 5.79. The lowest BCUT2D eigenvalue weighted by atomic mass is 10.2. The van der Waals surface area contributed by atoms with E-state index < -0.39 is 5.97 Å². The van der Waals surface area contributed by atoms with Gasteiger partial charge in [0, 0.05) is 18.1 Å². The minimum absolute atomic E-state index is 0.0569. The topological polar surface area (TPSA) is 66.3 Å². The van der Waals surface area contributed by atoms with E-state index in [1.165, 1.54) is 6.20 Å². The van der Waals surface area contributed by atoms with Crippen LogP contribution in [0.15, 0.2) is 41.1 Å². The minimum Gasteiger partial charge on any atom is -0.476 e. The van der Waals surface area contributed by atoms with Crippen LogP contribution in [-0.4, -0.2) is 28.1 Å². The zero-order valence-electron chi connectivity index (χ0n) is 10.2. The van der Waals surface area contributed by atoms with Gasteiger partial charge in [-0.1, -0.05) is 28.1 Å². The molecule has 19 heavy (non-hydrogen) atoms. The Balaban J connectivity index is 2.18. The molecule has 0 amide bonds. The molecule has 0 aliphatic rings. The number of carboxylic acids is 1. The standard InChI is InChI=1S/C13H12BrN3O2/c1-17(8-9-3-2-4-10(14)5-9)12-7-15-6-11(16-12)13(18)19/h2-7H,8H2,1H3,(H,18,19). The van der Waals surface area contributed by atoms with Gasteiger partial charge in [0.15, 0.2) is 5.69 Å². The van der Waals surface area contributed by atoms with Crippen LogP contribution >= 0.6 is 15.9 Å². The highest BCUT2D eigenvalue weighted by molar-refractivity contribution is 9.10. The number of anilines is 1. The molecule has 0 radical (unpaired) electrons. The monoisotopic (exact) mass is 321 g/mol. The molecule has 0 aliphatic carbocycles. The highest BCUT2D eigenvalue weighted by Gasteiger charge is 2.09. The van der Waals surface area contributed by atoms with E-state index in [9.17, 15) is 4.79 Å². The Bertz CT molecular complexity index is 604. The van der Waals surface area contributed by atoms with Crippen LogP contribution in [0.2, 0.25) is 0 Å². The second-order valence-electron chi connectivity index (χ2n) is 4.05. The fourth-order valence-electron chi connectivity index (χ4n) is 1.63. The molecule has 0 bridgehead atoms. The Labute approximate surface area is 119 Å². The van der Waals surface area contributed by atoms with Crippen LogP contribution in [-0.2, 0) is 6.54 Å². The summed E-state index contributed by atoms with van der Waals surface area (Å²) >= 11 is 3.41. The van der Waals surface area contributed by atoms with Crippen LogP contribution in [0.4, 0.5) is 5.82 Å². The van der Waals surface area contributed by atoms with Crippen LogP contribution in [0, 0.1) is 0 Å². The van der Waals surface area contributed by atoms with Crippen molar-refractivity contribution < 1.29 is 9.90 Å². The maximum absolute atomic E-state index is 10.9. The van der Waals surface area contributed by atoms with E-state index in [-0.39, 0.29) is 5.69 Å². The molecule has 0 fully saturated rings. The fraction of sp³-hybridized carbons (Fsp3) is 0.154. The molecule has 1 aromatic heterocycles. The van der Waals surface area contributed by atoms with E-state index in [1.54, 1.807) is 6.20 Å². The third-order valence-corrected chi connectivity index (χ3v) is 3.03. The number of carboxylic acid groups (broad SMARTS) is 1. The van der Waals surface area contributed by atoms with Crippen molar-refractivity contribution in [2.24, 2.45) is 0 Å². The highest BCUT2D eigenvalue weighted by Crippen LogP contribution is 2.16. The summed E-state index contributed by atoms with van der Waals surface area (Å²) in [4.78, 5) is 20.6. The van der Waals surface area contributed by atoms with Gasteiger partial charge in [-0.05, 0) is 17.7 Å². The van der Waals surface area contributed by atoms with Gasteiger partial charge in [-0.25, -0.2) is 9.78 Å². The lowest BCUT2D eigenvalue weighted by Crippen LogP contribution is -2.19. The molecule has 1 heterocycles. The molecule has 0 atom stereocenters. The average molecular weight is 322 g/mol. The van der Waals surface area contributed by atoms with Gasteiger partial charge >= 0.3 is 5.97 Å². The summed E-state index contributed by atoms with van der Waals surface area (Å²) < 4.78 is 1.00. The van der Waals surface area contributed by atoms with Crippen LogP contribution in [0.1, 0.15) is 16.1 Å². The molecule has 2 rings (SSSR count). The lowest BCUT2D eigenvalue weighted by molar-refractivity contribution is 0.0690. The van der Waals surface area contributed by atoms with E-state index >= 15 is 0 Å². The van der Waals surface area contributed by atoms with Crippen molar-refractivity contribution in [2.75, 3.05) is 11.9 Å². The van der Waals surface area contributed by atoms with Gasteiger partial charge in [-0.2, -0.15) is 0 Å². The summed E-state index contributed by atoms with van der Waals surface area (Å²) in [5, 5.41) is 8.89. The Morgan fingerprint density at radius 1 is 1.42 bits per heavy atom. The predicted octanol–water partition coefficient (Wildman–Crippen LogP) is 2.57. The zero-order chi connectivity index (χ0) is 13.8. The first-order valence-electron chi connectivity index (χ1n) is 5.57. The first-order valence-corrected chi connectivity index (χ1v) is 6.36. The van der Waals surface area contributed by atoms with Gasteiger partial charge < -0.3 is 10.0 Å². The molecule has 98 valence electrons. The number of hydrogen-bond donors (Lipinski definition) is 1. The average Bonchev–Trinajstić information content (AvgIpc) is 2.39. The Morgan fingerprint density at radius 2 is 2.21 bits per heavy atom. The Hall–Kier alpha value is -1.95. The number of benzene rings is 1. The third kappa shape index (κ3) is 3.51. The largest absolute Gasteiger partial charge is 0.476 e. The summed E-state index contributed by atoms with van der Waals surface area (Å²) in [5.41, 5.74) is 1.04. The maximum atomic E-state index is 10.9. The molecule has 0 saturated carbocycles. The number of carbonyl (C=O) groups is 1. The molecular weight excluding hydrogens is 310 g/mol. The Morgan fingerprint density at radius 3 is 2.89 bits per heavy atom. The molecule has 0 spiro atoms. The summed E-state index contributed by atoms with van der Waals surface area (Å²) in [7, 11) is 1.84. The van der Waals surface area contributed by atoms with Crippen molar-refractivity contribution >= 4 is 27.7 Å². The number of nitrogens with zero attached hydrogens (tertiary/aromatic N) is 3. The van der Waals surface area contributed by atoms with Crippen LogP contribution in [0.3, 0.4) is 0 Å². The molecule has 1 N–H and O–H groups in total. The zero-order valence-corrected chi connectivity index (χ0v) is 11.8. The van der Waals surface area contributed by atoms with Gasteiger partial charge in [0.1, 0.15) is 5.82 Å². The number of aromatic carboxylic acids is 1. The molecule has 1 aromatic carbocycles. The smallest absolute Gasteiger partial charge is 0.356 e. The maximum Gasteiger partial charge on any atom is 0.356 e. The van der Waals surface area contributed by atoms with Gasteiger partial charge in [0.2, 0.25) is 0 Å². The van der Waals surface area contributed by atoms with Crippen LogP contribution < -0.4 is 4.90 Å². The molecule has 0 saturated heterocycles. The number of rotatable bonds is 4. The van der Waals surface area contributed by atoms with E-state index in [0.29, 0.717) is 12.4 Å². The van der Waals surface area contributed by atoms with Gasteiger partial charge in [-0.15, -0.1) is 0 Å². The Kier molecular flexibility index (Phi) is 4.11. The number of hydrogen-bond acceptors (Lipinski definition) is 4. The predicted molar refractivity (Wildman–Crippen MR) is 75.2 cm³/mol. The van der Waals surface area contributed by atoms with E-state index in [2.05, 4.69) is 25.9 Å². The summed E-state index contributed by atoms with van der Waals surface area (Å²) in [6.45, 7) is 0.622. The van der Waals surface area contributed by atoms with Crippen molar-refractivity contribution in [3.05, 3.63) is 52.4 Å². The van der Waals surface area contributed by atoms with Crippen LogP contribution in [0.25, 0.3) is 0 Å². The number of aromatic nitrogens is 2. The lowest BCUT2D eigenvalue weighted by Gasteiger charge is -2.18. The molecule has 6 heteroatoms. The van der Waals surface area contributed by atoms with Crippen LogP contribution in [0.5, 0.6) is 0 Å². The van der Waals surface area contributed by atoms with E-state index in [1.807, 2.05) is 36.2 Å². The minimum atomic E-state index is -1.08. The van der Waals surface area contributed by atoms with Crippen molar-refractivity contribution in [3.63, 3.8) is 0 Å². The first kappa shape index (κ1) is 13.5. The second-order valence-corrected chi connectivity index (χ2v) is 4.97. The van der Waals surface area contributed by atoms with Gasteiger partial charge in [0.05, 0.1) is 12.4 Å². The molecule has 2 aromatic rings. The summed E-state index contributed by atoms with van der Waals surface area (Å²) in [6.07, 6.45) is 2.78. The highest BCUT2D eigenvalue weighted by atomic mass is 79.9. The summed E-state index contributed by atoms with van der Waals surface area (Å²) in [5.74, 6) is -0.551. The molecule has 0 unspecified atom stereocenters. The van der Waals surface area contributed by atoms with Crippen molar-refractivity contribution in [3.8, 4) is 0 Å². The molecule has 0 aliphatic heterocycles. The molecule has 5 nitrogen and oxygen atoms in total. The fourth-order valence-corrected chi connectivity index (χ4v) is 2.08. The van der Waals surface area contributed by atoms with Crippen molar-refractivity contribution in [2.45, 2.75) is 6.54 Å². The van der Waals surface area contributed by atoms with E-state index in [0.717, 1.165) is 10.0 Å². The first-order chi connectivity index (χ1) is 9.06. The van der Waals surface area contributed by atoms with Crippen molar-refractivity contribution in [1.29, 1.82) is 0 Å². The third-order valence-electron chi connectivity index (χ3n) is 2.54. The SMILES string of the molecule is CN(Cc1cccc(Br)c1)c1cncc(C(=O)O)n1. The van der Waals surface area contributed by atoms with Gasteiger partial charge in [-0.3, -0.25) is 4.98 Å². The number of halogens is 1. The van der Waals surface area contributed by atoms with Crippen molar-refractivity contribution in [1.82, 2.24) is 9.97 Å². The summed E-state index contributed by atoms with van der Waals surface area (Å²) in [6, 6.07) is 7.90. The molecular formula is C13H12BrN3O2. The normalized spacial score (nSPS) is 10.2. The quantitative estimate of drug-likeness (QED) is 0.937.